The first-order chi connectivity index (χ1) is 8.25. The van der Waals surface area contributed by atoms with Crippen LogP contribution < -0.4 is 10.6 Å². The van der Waals surface area contributed by atoms with Crippen molar-refractivity contribution in [3.8, 4) is 0 Å². The molecule has 0 atom stereocenters. The quantitative estimate of drug-likeness (QED) is 0.687. The van der Waals surface area contributed by atoms with Crippen LogP contribution in [0.4, 0.5) is 0 Å². The van der Waals surface area contributed by atoms with Gasteiger partial charge < -0.3 is 15.5 Å². The predicted octanol–water partition coefficient (Wildman–Crippen LogP) is 1.02. The molecule has 2 aliphatic rings. The molecule has 1 amide bonds. The zero-order chi connectivity index (χ0) is 12.1. The first-order valence-electron chi connectivity index (χ1n) is 6.58. The maximum absolute atomic E-state index is 11.2. The first kappa shape index (κ1) is 12.6. The van der Waals surface area contributed by atoms with E-state index in [2.05, 4.69) is 15.5 Å². The topological polar surface area (TPSA) is 44.4 Å². The van der Waals surface area contributed by atoms with Gasteiger partial charge in [-0.15, -0.1) is 0 Å². The van der Waals surface area contributed by atoms with Gasteiger partial charge in [0.25, 0.3) is 0 Å². The number of rotatable bonds is 1. The zero-order valence-electron chi connectivity index (χ0n) is 10.2. The second-order valence-corrected chi connectivity index (χ2v) is 5.26. The van der Waals surface area contributed by atoms with Crippen LogP contribution in [0.3, 0.4) is 0 Å². The average Bonchev–Trinajstić information content (AvgIpc) is 2.55. The summed E-state index contributed by atoms with van der Waals surface area (Å²) in [5.74, 6) is 0.132. The summed E-state index contributed by atoms with van der Waals surface area (Å²) in [4.78, 5) is 13.4. The summed E-state index contributed by atoms with van der Waals surface area (Å²) in [6, 6.07) is 0.545. The molecule has 1 aliphatic heterocycles. The number of thiocarbonyl (C=S) groups is 1. The normalized spacial score (nSPS) is 22.8. The summed E-state index contributed by atoms with van der Waals surface area (Å²) in [6.07, 6.45) is 6.97. The Labute approximate surface area is 108 Å². The maximum Gasteiger partial charge on any atom is 0.221 e. The smallest absolute Gasteiger partial charge is 0.221 e. The van der Waals surface area contributed by atoms with Crippen molar-refractivity contribution in [1.29, 1.82) is 0 Å². The van der Waals surface area contributed by atoms with E-state index in [4.69, 9.17) is 12.2 Å². The van der Waals surface area contributed by atoms with E-state index >= 15 is 0 Å². The van der Waals surface area contributed by atoms with E-state index in [0.717, 1.165) is 18.2 Å². The van der Waals surface area contributed by atoms with Gasteiger partial charge in [-0.2, -0.15) is 0 Å². The molecule has 0 aromatic carbocycles. The van der Waals surface area contributed by atoms with Crippen LogP contribution in [0.2, 0.25) is 0 Å². The fraction of sp³-hybridized carbons (Fsp3) is 0.833. The number of carbonyl (C=O) groups is 1. The standard InChI is InChI=1S/C12H21N3OS/c16-11-6-8-15(9-7-13-11)12(17)14-10-4-2-1-3-5-10/h10H,1-9H2,(H,13,16)(H,14,17). The average molecular weight is 255 g/mol. The molecule has 1 saturated carbocycles. The Bertz CT molecular complexity index is 289. The molecular formula is C12H21N3OS. The minimum Gasteiger partial charge on any atom is -0.360 e. The SMILES string of the molecule is O=C1CCN(C(=S)NC2CCCCC2)CCN1. The monoisotopic (exact) mass is 255 g/mol. The van der Waals surface area contributed by atoms with Crippen molar-refractivity contribution in [3.05, 3.63) is 0 Å². The van der Waals surface area contributed by atoms with Crippen LogP contribution in [-0.2, 0) is 4.79 Å². The van der Waals surface area contributed by atoms with Crippen molar-refractivity contribution in [3.63, 3.8) is 0 Å². The van der Waals surface area contributed by atoms with Gasteiger partial charge in [-0.3, -0.25) is 4.79 Å². The van der Waals surface area contributed by atoms with E-state index in [0.29, 0.717) is 19.0 Å². The summed E-state index contributed by atoms with van der Waals surface area (Å²) in [5, 5.41) is 7.14. The van der Waals surface area contributed by atoms with Gasteiger partial charge >= 0.3 is 0 Å². The van der Waals surface area contributed by atoms with Crippen molar-refractivity contribution in [2.45, 2.75) is 44.6 Å². The van der Waals surface area contributed by atoms with Gasteiger partial charge in [0.05, 0.1) is 0 Å². The molecule has 0 spiro atoms. The third kappa shape index (κ3) is 3.84. The molecule has 0 radical (unpaired) electrons. The minimum atomic E-state index is 0.132. The highest BCUT2D eigenvalue weighted by Gasteiger charge is 2.19. The lowest BCUT2D eigenvalue weighted by Gasteiger charge is -2.29. The van der Waals surface area contributed by atoms with Gasteiger partial charge in [-0.25, -0.2) is 0 Å². The van der Waals surface area contributed by atoms with Crippen LogP contribution >= 0.6 is 12.2 Å². The highest BCUT2D eigenvalue weighted by molar-refractivity contribution is 7.80. The summed E-state index contributed by atoms with van der Waals surface area (Å²) < 4.78 is 0. The largest absolute Gasteiger partial charge is 0.360 e. The van der Waals surface area contributed by atoms with Crippen molar-refractivity contribution < 1.29 is 4.79 Å². The number of nitrogens with zero attached hydrogens (tertiary/aromatic N) is 1. The second kappa shape index (κ2) is 6.19. The van der Waals surface area contributed by atoms with Crippen molar-refractivity contribution >= 4 is 23.2 Å². The Balaban J connectivity index is 1.79. The molecule has 4 nitrogen and oxygen atoms in total. The van der Waals surface area contributed by atoms with Crippen molar-refractivity contribution in [2.75, 3.05) is 19.6 Å². The molecule has 2 rings (SSSR count). The minimum absolute atomic E-state index is 0.132. The van der Waals surface area contributed by atoms with Crippen LogP contribution in [0, 0.1) is 0 Å². The van der Waals surface area contributed by atoms with Crippen LogP contribution in [-0.4, -0.2) is 41.6 Å². The van der Waals surface area contributed by atoms with Gasteiger partial charge in [0.2, 0.25) is 5.91 Å². The predicted molar refractivity (Wildman–Crippen MR) is 71.8 cm³/mol. The van der Waals surface area contributed by atoms with Gasteiger partial charge in [0, 0.05) is 32.1 Å². The third-order valence-electron chi connectivity index (χ3n) is 3.53. The Kier molecular flexibility index (Phi) is 4.59. The Hall–Kier alpha value is -0.840. The van der Waals surface area contributed by atoms with Crippen LogP contribution in [0.15, 0.2) is 0 Å². The summed E-state index contributed by atoms with van der Waals surface area (Å²) in [6.45, 7) is 2.26. The molecule has 17 heavy (non-hydrogen) atoms. The van der Waals surface area contributed by atoms with E-state index < -0.39 is 0 Å². The van der Waals surface area contributed by atoms with E-state index in [1.54, 1.807) is 0 Å². The second-order valence-electron chi connectivity index (χ2n) is 4.87. The number of amides is 1. The lowest BCUT2D eigenvalue weighted by atomic mass is 9.96. The van der Waals surface area contributed by atoms with E-state index in [9.17, 15) is 4.79 Å². The van der Waals surface area contributed by atoms with Gasteiger partial charge in [0.15, 0.2) is 5.11 Å². The lowest BCUT2D eigenvalue weighted by molar-refractivity contribution is -0.120. The molecule has 5 heteroatoms. The fourth-order valence-corrected chi connectivity index (χ4v) is 2.83. The van der Waals surface area contributed by atoms with E-state index in [-0.39, 0.29) is 5.91 Å². The highest BCUT2D eigenvalue weighted by Crippen LogP contribution is 2.17. The van der Waals surface area contributed by atoms with Crippen molar-refractivity contribution in [2.24, 2.45) is 0 Å². The zero-order valence-corrected chi connectivity index (χ0v) is 11.0. The number of carbonyl (C=O) groups excluding carboxylic acids is 1. The van der Waals surface area contributed by atoms with Gasteiger partial charge in [0.1, 0.15) is 0 Å². The molecule has 1 aliphatic carbocycles. The fourth-order valence-electron chi connectivity index (χ4n) is 2.48. The van der Waals surface area contributed by atoms with Crippen molar-refractivity contribution in [1.82, 2.24) is 15.5 Å². The summed E-state index contributed by atoms with van der Waals surface area (Å²) in [5.41, 5.74) is 0. The molecule has 2 fully saturated rings. The molecule has 2 N–H and O–H groups in total. The number of nitrogens with one attached hydrogen (secondary N) is 2. The molecular weight excluding hydrogens is 234 g/mol. The molecule has 96 valence electrons. The molecule has 1 saturated heterocycles. The highest BCUT2D eigenvalue weighted by atomic mass is 32.1. The third-order valence-corrected chi connectivity index (χ3v) is 3.91. The van der Waals surface area contributed by atoms with Crippen LogP contribution in [0.25, 0.3) is 0 Å². The van der Waals surface area contributed by atoms with Gasteiger partial charge in [-0.1, -0.05) is 19.3 Å². The molecule has 1 heterocycles. The number of hydrogen-bond acceptors (Lipinski definition) is 2. The van der Waals surface area contributed by atoms with Gasteiger partial charge in [-0.05, 0) is 25.1 Å². The molecule has 0 aromatic heterocycles. The van der Waals surface area contributed by atoms with E-state index in [1.165, 1.54) is 32.1 Å². The molecule has 0 bridgehead atoms. The molecule has 0 unspecified atom stereocenters. The maximum atomic E-state index is 11.2. The Morgan fingerprint density at radius 3 is 2.82 bits per heavy atom. The Morgan fingerprint density at radius 2 is 2.06 bits per heavy atom. The van der Waals surface area contributed by atoms with E-state index in [1.807, 2.05) is 0 Å². The Morgan fingerprint density at radius 1 is 1.29 bits per heavy atom. The first-order valence-corrected chi connectivity index (χ1v) is 6.98. The van der Waals surface area contributed by atoms with Crippen LogP contribution in [0.5, 0.6) is 0 Å². The summed E-state index contributed by atoms with van der Waals surface area (Å²) in [7, 11) is 0. The van der Waals surface area contributed by atoms with Crippen LogP contribution in [0.1, 0.15) is 38.5 Å². The lowest BCUT2D eigenvalue weighted by Crippen LogP contribution is -2.46. The summed E-state index contributed by atoms with van der Waals surface area (Å²) >= 11 is 5.43. The number of hydrogen-bond donors (Lipinski definition) is 2. The molecule has 0 aromatic rings.